The largest absolute Gasteiger partial charge is 0.454 e. The van der Waals surface area contributed by atoms with Crippen LogP contribution in [-0.4, -0.2) is 9.97 Å². The van der Waals surface area contributed by atoms with Crippen LogP contribution in [-0.2, 0) is 0 Å². The van der Waals surface area contributed by atoms with Gasteiger partial charge in [0.1, 0.15) is 5.58 Å². The summed E-state index contributed by atoms with van der Waals surface area (Å²) in [5, 5.41) is 3.00. The Kier molecular flexibility index (Phi) is 2.93. The van der Waals surface area contributed by atoms with E-state index in [0.717, 1.165) is 27.8 Å². The van der Waals surface area contributed by atoms with E-state index in [9.17, 15) is 4.79 Å². The van der Waals surface area contributed by atoms with E-state index in [1.807, 2.05) is 18.2 Å². The lowest BCUT2D eigenvalue weighted by molar-refractivity contribution is 0.668. The molecular formula is C24H16N2O2. The number of hydrogen-bond acceptors (Lipinski definition) is 2. The monoisotopic (exact) mass is 364 g/mol. The molecule has 0 aliphatic carbocycles. The second-order valence-electron chi connectivity index (χ2n) is 7.19. The molecule has 3 aromatic carbocycles. The predicted molar refractivity (Wildman–Crippen MR) is 114 cm³/mol. The highest BCUT2D eigenvalue weighted by Crippen LogP contribution is 2.35. The first kappa shape index (κ1) is 15.3. The highest BCUT2D eigenvalue weighted by molar-refractivity contribution is 6.12. The van der Waals surface area contributed by atoms with Crippen LogP contribution in [0.25, 0.3) is 55.1 Å². The molecule has 3 aromatic heterocycles. The molecule has 4 nitrogen and oxygen atoms in total. The Morgan fingerprint density at radius 2 is 1.50 bits per heavy atom. The van der Waals surface area contributed by atoms with Gasteiger partial charge in [-0.15, -0.1) is 0 Å². The first-order valence-corrected chi connectivity index (χ1v) is 9.26. The van der Waals surface area contributed by atoms with Crippen LogP contribution in [0.1, 0.15) is 5.56 Å². The van der Waals surface area contributed by atoms with Crippen LogP contribution in [0, 0.1) is 6.92 Å². The summed E-state index contributed by atoms with van der Waals surface area (Å²) >= 11 is 0. The van der Waals surface area contributed by atoms with E-state index in [-0.39, 0.29) is 5.43 Å². The molecular weight excluding hydrogens is 348 g/mol. The van der Waals surface area contributed by atoms with Crippen molar-refractivity contribution in [3.05, 3.63) is 82.5 Å². The number of furan rings is 1. The standard InChI is InChI=1S/C24H16N2O2/c1-13-5-2-6-14-15-7-3-8-16(23(15)26-22(13)14)17-11-12-20-24(25-17)21-18(27)9-4-10-19(21)28-20/h2-12,25-26H,1H3. The van der Waals surface area contributed by atoms with Crippen molar-refractivity contribution >= 4 is 43.9 Å². The van der Waals surface area contributed by atoms with Crippen LogP contribution in [0.3, 0.4) is 0 Å². The molecule has 6 rings (SSSR count). The van der Waals surface area contributed by atoms with Gasteiger partial charge in [0.2, 0.25) is 0 Å². The molecule has 6 aromatic rings. The molecule has 0 aliphatic heterocycles. The van der Waals surface area contributed by atoms with Gasteiger partial charge < -0.3 is 14.4 Å². The maximum Gasteiger partial charge on any atom is 0.191 e. The summed E-state index contributed by atoms with van der Waals surface area (Å²) in [5.41, 5.74) is 7.44. The molecule has 0 saturated carbocycles. The molecule has 0 radical (unpaired) electrons. The fraction of sp³-hybridized carbons (Fsp3) is 0.0417. The Balaban J connectivity index is 1.70. The van der Waals surface area contributed by atoms with E-state index >= 15 is 0 Å². The van der Waals surface area contributed by atoms with Crippen molar-refractivity contribution in [2.45, 2.75) is 6.92 Å². The van der Waals surface area contributed by atoms with Gasteiger partial charge in [0.25, 0.3) is 0 Å². The number of pyridine rings is 1. The zero-order chi connectivity index (χ0) is 18.8. The minimum atomic E-state index is -0.0379. The Morgan fingerprint density at radius 3 is 2.39 bits per heavy atom. The summed E-state index contributed by atoms with van der Waals surface area (Å²) in [7, 11) is 0. The number of benzene rings is 3. The molecule has 0 saturated heterocycles. The lowest BCUT2D eigenvalue weighted by Gasteiger charge is -2.05. The van der Waals surface area contributed by atoms with E-state index < -0.39 is 0 Å². The molecule has 0 spiro atoms. The average Bonchev–Trinajstić information content (AvgIpc) is 3.27. The number of nitrogens with one attached hydrogen (secondary N) is 2. The van der Waals surface area contributed by atoms with E-state index in [1.54, 1.807) is 12.1 Å². The van der Waals surface area contributed by atoms with Crippen LogP contribution >= 0.6 is 0 Å². The van der Waals surface area contributed by atoms with E-state index in [2.05, 4.69) is 53.3 Å². The maximum absolute atomic E-state index is 12.4. The van der Waals surface area contributed by atoms with Crippen molar-refractivity contribution < 1.29 is 4.42 Å². The normalized spacial score (nSPS) is 11.9. The Bertz CT molecular complexity index is 1600. The molecule has 3 heterocycles. The van der Waals surface area contributed by atoms with Gasteiger partial charge in [0.05, 0.1) is 16.4 Å². The second-order valence-corrected chi connectivity index (χ2v) is 7.19. The Hall–Kier alpha value is -3.79. The zero-order valence-electron chi connectivity index (χ0n) is 15.2. The van der Waals surface area contributed by atoms with Crippen LogP contribution in [0.4, 0.5) is 0 Å². The molecule has 134 valence electrons. The van der Waals surface area contributed by atoms with Crippen molar-refractivity contribution in [3.63, 3.8) is 0 Å². The third-order valence-corrected chi connectivity index (χ3v) is 5.53. The number of rotatable bonds is 1. The quantitative estimate of drug-likeness (QED) is 0.382. The maximum atomic E-state index is 12.4. The number of hydrogen-bond donors (Lipinski definition) is 2. The summed E-state index contributed by atoms with van der Waals surface area (Å²) in [6, 6.07) is 21.7. The minimum Gasteiger partial charge on any atom is -0.454 e. The van der Waals surface area contributed by atoms with Gasteiger partial charge >= 0.3 is 0 Å². The summed E-state index contributed by atoms with van der Waals surface area (Å²) < 4.78 is 5.84. The van der Waals surface area contributed by atoms with Crippen LogP contribution < -0.4 is 5.43 Å². The molecule has 0 aliphatic rings. The minimum absolute atomic E-state index is 0.0379. The van der Waals surface area contributed by atoms with Gasteiger partial charge in [-0.25, -0.2) is 0 Å². The van der Waals surface area contributed by atoms with Crippen LogP contribution in [0.15, 0.2) is 75.9 Å². The number of aromatic amines is 2. The topological polar surface area (TPSA) is 61.8 Å². The SMILES string of the molecule is Cc1cccc2c1[nH]c1c(-c3ccc4oc5cccc(=O)c5c4[nH]3)cccc12. The van der Waals surface area contributed by atoms with Gasteiger partial charge in [0, 0.05) is 27.5 Å². The number of fused-ring (bicyclic) bond motifs is 6. The number of aromatic nitrogens is 2. The summed E-state index contributed by atoms with van der Waals surface area (Å²) in [5.74, 6) is 0. The fourth-order valence-corrected chi connectivity index (χ4v) is 4.19. The Labute approximate surface area is 159 Å². The molecule has 4 heteroatoms. The smallest absolute Gasteiger partial charge is 0.191 e. The fourth-order valence-electron chi connectivity index (χ4n) is 4.19. The molecule has 0 bridgehead atoms. The van der Waals surface area contributed by atoms with E-state index in [1.165, 1.54) is 16.3 Å². The average molecular weight is 364 g/mol. The molecule has 2 N–H and O–H groups in total. The molecule has 0 amide bonds. The van der Waals surface area contributed by atoms with Gasteiger partial charge in [-0.2, -0.15) is 0 Å². The zero-order valence-corrected chi connectivity index (χ0v) is 15.2. The number of H-pyrrole nitrogens is 2. The first-order valence-electron chi connectivity index (χ1n) is 9.26. The van der Waals surface area contributed by atoms with Crippen molar-refractivity contribution in [2.24, 2.45) is 0 Å². The van der Waals surface area contributed by atoms with Crippen molar-refractivity contribution in [3.8, 4) is 11.3 Å². The third kappa shape index (κ3) is 1.97. The molecule has 28 heavy (non-hydrogen) atoms. The molecule has 0 unspecified atom stereocenters. The number of aryl methyl sites for hydroxylation is 1. The lowest BCUT2D eigenvalue weighted by Crippen LogP contribution is -1.97. The van der Waals surface area contributed by atoms with Gasteiger partial charge in [0.15, 0.2) is 11.0 Å². The highest BCUT2D eigenvalue weighted by Gasteiger charge is 2.14. The van der Waals surface area contributed by atoms with Crippen molar-refractivity contribution in [1.29, 1.82) is 0 Å². The third-order valence-electron chi connectivity index (χ3n) is 5.53. The van der Waals surface area contributed by atoms with Gasteiger partial charge in [-0.05, 0) is 36.8 Å². The number of para-hydroxylation sites is 2. The predicted octanol–water partition coefficient (Wildman–Crippen LogP) is 5.88. The molecule has 0 atom stereocenters. The van der Waals surface area contributed by atoms with Gasteiger partial charge in [-0.1, -0.05) is 42.5 Å². The Morgan fingerprint density at radius 1 is 0.714 bits per heavy atom. The molecule has 0 fully saturated rings. The van der Waals surface area contributed by atoms with Crippen molar-refractivity contribution in [1.82, 2.24) is 9.97 Å². The van der Waals surface area contributed by atoms with Gasteiger partial charge in [-0.3, -0.25) is 4.79 Å². The first-order chi connectivity index (χ1) is 13.7. The highest BCUT2D eigenvalue weighted by atomic mass is 16.3. The van der Waals surface area contributed by atoms with E-state index in [4.69, 9.17) is 4.42 Å². The summed E-state index contributed by atoms with van der Waals surface area (Å²) in [6.07, 6.45) is 0. The van der Waals surface area contributed by atoms with Crippen LogP contribution in [0.5, 0.6) is 0 Å². The lowest BCUT2D eigenvalue weighted by atomic mass is 10.0. The summed E-state index contributed by atoms with van der Waals surface area (Å²) in [6.45, 7) is 2.11. The second kappa shape index (κ2) is 5.36. The van der Waals surface area contributed by atoms with Crippen molar-refractivity contribution in [2.75, 3.05) is 0 Å². The van der Waals surface area contributed by atoms with E-state index in [0.29, 0.717) is 16.6 Å². The van der Waals surface area contributed by atoms with Crippen LogP contribution in [0.2, 0.25) is 0 Å². The summed E-state index contributed by atoms with van der Waals surface area (Å²) in [4.78, 5) is 19.4.